The number of hydrogen-bond donors (Lipinski definition) is 0. The predicted octanol–water partition coefficient (Wildman–Crippen LogP) is 2.62. The van der Waals surface area contributed by atoms with Crippen molar-refractivity contribution in [3.05, 3.63) is 0 Å². The molecule has 4 saturated carbocycles. The summed E-state index contributed by atoms with van der Waals surface area (Å²) < 4.78 is 5.33. The van der Waals surface area contributed by atoms with E-state index in [4.69, 9.17) is 4.74 Å². The van der Waals surface area contributed by atoms with Gasteiger partial charge in [0, 0.05) is 0 Å². The largest absolute Gasteiger partial charge is 0.465 e. The summed E-state index contributed by atoms with van der Waals surface area (Å²) in [6.45, 7) is 0.702. The molecule has 7 unspecified atom stereocenters. The van der Waals surface area contributed by atoms with Crippen LogP contribution >= 0.6 is 0 Å². The van der Waals surface area contributed by atoms with Crippen molar-refractivity contribution < 1.29 is 9.53 Å². The molecule has 2 nitrogen and oxygen atoms in total. The van der Waals surface area contributed by atoms with Crippen LogP contribution in [0.15, 0.2) is 0 Å². The van der Waals surface area contributed by atoms with Gasteiger partial charge in [-0.2, -0.15) is 0 Å². The van der Waals surface area contributed by atoms with Crippen molar-refractivity contribution in [2.75, 3.05) is 6.61 Å². The monoisotopic (exact) mass is 232 g/mol. The van der Waals surface area contributed by atoms with Gasteiger partial charge in [-0.25, -0.2) is 0 Å². The summed E-state index contributed by atoms with van der Waals surface area (Å²) in [5.41, 5.74) is -0.00366. The molecule has 92 valence electrons. The average molecular weight is 232 g/mol. The summed E-state index contributed by atoms with van der Waals surface area (Å²) in [5.74, 6) is 5.70. The second kappa shape index (κ2) is 2.73. The Kier molecular flexibility index (Phi) is 1.51. The maximum absolute atomic E-state index is 12.2. The minimum Gasteiger partial charge on any atom is -0.465 e. The van der Waals surface area contributed by atoms with Crippen LogP contribution in [0.25, 0.3) is 0 Å². The van der Waals surface area contributed by atoms with Crippen LogP contribution < -0.4 is 0 Å². The Hall–Kier alpha value is -0.530. The van der Waals surface area contributed by atoms with Gasteiger partial charge >= 0.3 is 5.97 Å². The standard InChI is InChI=1S/C15H20O2/c16-14-15(3-4-17-14)7-10-6-11(15)13-9-2-1-8(5-9)12(10)13/h8-13H,1-7H2. The van der Waals surface area contributed by atoms with Gasteiger partial charge in [0.25, 0.3) is 0 Å². The molecule has 0 N–H and O–H groups in total. The highest BCUT2D eigenvalue weighted by molar-refractivity contribution is 5.80. The van der Waals surface area contributed by atoms with Gasteiger partial charge in [-0.15, -0.1) is 0 Å². The first-order valence-corrected chi connectivity index (χ1v) is 7.47. The fraction of sp³-hybridized carbons (Fsp3) is 0.933. The van der Waals surface area contributed by atoms with Crippen LogP contribution in [0.2, 0.25) is 0 Å². The third-order valence-electron chi connectivity index (χ3n) is 7.14. The van der Waals surface area contributed by atoms with Crippen molar-refractivity contribution in [1.29, 1.82) is 0 Å². The number of carbonyl (C=O) groups is 1. The molecule has 1 aliphatic heterocycles. The number of carbonyl (C=O) groups excluding carboxylic acids is 1. The number of fused-ring (bicyclic) bond motifs is 10. The van der Waals surface area contributed by atoms with Crippen molar-refractivity contribution in [1.82, 2.24) is 0 Å². The topological polar surface area (TPSA) is 26.3 Å². The van der Waals surface area contributed by atoms with E-state index in [1.54, 1.807) is 0 Å². The van der Waals surface area contributed by atoms with Gasteiger partial charge in [0.15, 0.2) is 0 Å². The molecule has 5 fully saturated rings. The zero-order valence-corrected chi connectivity index (χ0v) is 10.2. The fourth-order valence-corrected chi connectivity index (χ4v) is 6.84. The summed E-state index contributed by atoms with van der Waals surface area (Å²) in [6.07, 6.45) is 8.02. The molecule has 0 aromatic carbocycles. The van der Waals surface area contributed by atoms with Gasteiger partial charge in [-0.1, -0.05) is 0 Å². The van der Waals surface area contributed by atoms with E-state index >= 15 is 0 Å². The first-order valence-electron chi connectivity index (χ1n) is 7.47. The van der Waals surface area contributed by atoms with Crippen LogP contribution in [0.3, 0.4) is 0 Å². The van der Waals surface area contributed by atoms with E-state index in [1.165, 1.54) is 32.1 Å². The fourth-order valence-electron chi connectivity index (χ4n) is 6.84. The second-order valence-corrected chi connectivity index (χ2v) is 7.34. The smallest absolute Gasteiger partial charge is 0.312 e. The molecular weight excluding hydrogens is 212 g/mol. The van der Waals surface area contributed by atoms with E-state index in [0.717, 1.165) is 36.0 Å². The van der Waals surface area contributed by atoms with E-state index in [2.05, 4.69) is 0 Å². The summed E-state index contributed by atoms with van der Waals surface area (Å²) in [7, 11) is 0. The molecule has 1 heterocycles. The summed E-state index contributed by atoms with van der Waals surface area (Å²) in [6, 6.07) is 0. The van der Waals surface area contributed by atoms with Crippen molar-refractivity contribution in [2.45, 2.75) is 38.5 Å². The van der Waals surface area contributed by atoms with Gasteiger partial charge in [-0.05, 0) is 74.0 Å². The van der Waals surface area contributed by atoms with Crippen molar-refractivity contribution in [2.24, 2.45) is 40.9 Å². The Morgan fingerprint density at radius 3 is 2.65 bits per heavy atom. The van der Waals surface area contributed by atoms with Crippen LogP contribution in [0.4, 0.5) is 0 Å². The lowest BCUT2D eigenvalue weighted by atomic mass is 9.60. The molecule has 4 bridgehead atoms. The van der Waals surface area contributed by atoms with Crippen molar-refractivity contribution in [3.63, 3.8) is 0 Å². The third-order valence-corrected chi connectivity index (χ3v) is 7.14. The van der Waals surface area contributed by atoms with Gasteiger partial charge in [0.2, 0.25) is 0 Å². The van der Waals surface area contributed by atoms with Gasteiger partial charge in [-0.3, -0.25) is 4.79 Å². The molecule has 2 heteroatoms. The minimum atomic E-state index is -0.00366. The highest BCUT2D eigenvalue weighted by Gasteiger charge is 2.70. The van der Waals surface area contributed by atoms with Crippen LogP contribution in [0, 0.1) is 40.9 Å². The SMILES string of the molecule is O=C1OCCC12CC1CC2C2C3CCC(C3)C12. The molecular formula is C15H20O2. The molecule has 0 amide bonds. The molecule has 0 aromatic rings. The Bertz CT molecular complexity index is 404. The lowest BCUT2D eigenvalue weighted by Crippen LogP contribution is -2.42. The number of ether oxygens (including phenoxy) is 1. The molecule has 4 aliphatic carbocycles. The number of cyclic esters (lactones) is 1. The van der Waals surface area contributed by atoms with E-state index in [1.807, 2.05) is 0 Å². The van der Waals surface area contributed by atoms with E-state index in [-0.39, 0.29) is 11.4 Å². The number of hydrogen-bond acceptors (Lipinski definition) is 2. The van der Waals surface area contributed by atoms with Crippen molar-refractivity contribution in [3.8, 4) is 0 Å². The lowest BCUT2D eigenvalue weighted by Gasteiger charge is -2.42. The maximum Gasteiger partial charge on any atom is 0.312 e. The van der Waals surface area contributed by atoms with Crippen LogP contribution in [-0.2, 0) is 9.53 Å². The maximum atomic E-state index is 12.2. The normalized spacial score (nSPS) is 62.5. The van der Waals surface area contributed by atoms with Gasteiger partial charge < -0.3 is 4.74 Å². The highest BCUT2D eigenvalue weighted by Crippen LogP contribution is 2.73. The van der Waals surface area contributed by atoms with Crippen LogP contribution in [0.5, 0.6) is 0 Å². The van der Waals surface area contributed by atoms with Crippen molar-refractivity contribution >= 4 is 5.97 Å². The Balaban J connectivity index is 1.58. The van der Waals surface area contributed by atoms with E-state index in [0.29, 0.717) is 12.5 Å². The molecule has 7 atom stereocenters. The molecule has 0 radical (unpaired) electrons. The molecule has 0 aromatic heterocycles. The Labute approximate surface area is 102 Å². The predicted molar refractivity (Wildman–Crippen MR) is 62.0 cm³/mol. The molecule has 5 rings (SSSR count). The lowest BCUT2D eigenvalue weighted by molar-refractivity contribution is -0.151. The molecule has 1 spiro atoms. The third kappa shape index (κ3) is 0.880. The quantitative estimate of drug-likeness (QED) is 0.474. The summed E-state index contributed by atoms with van der Waals surface area (Å²) >= 11 is 0. The first kappa shape index (κ1) is 9.41. The van der Waals surface area contributed by atoms with Gasteiger partial charge in [0.1, 0.15) is 0 Å². The second-order valence-electron chi connectivity index (χ2n) is 7.34. The van der Waals surface area contributed by atoms with Crippen LogP contribution in [-0.4, -0.2) is 12.6 Å². The molecule has 1 saturated heterocycles. The molecule has 17 heavy (non-hydrogen) atoms. The van der Waals surface area contributed by atoms with E-state index < -0.39 is 0 Å². The zero-order valence-electron chi connectivity index (χ0n) is 10.2. The number of esters is 1. The zero-order chi connectivity index (χ0) is 11.2. The minimum absolute atomic E-state index is 0.00366. The Morgan fingerprint density at radius 1 is 1.06 bits per heavy atom. The van der Waals surface area contributed by atoms with Crippen LogP contribution in [0.1, 0.15) is 38.5 Å². The summed E-state index contributed by atoms with van der Waals surface area (Å²) in [4.78, 5) is 12.2. The summed E-state index contributed by atoms with van der Waals surface area (Å²) in [5, 5.41) is 0. The average Bonchev–Trinajstić information content (AvgIpc) is 3.07. The number of rotatable bonds is 0. The highest BCUT2D eigenvalue weighted by atomic mass is 16.5. The van der Waals surface area contributed by atoms with E-state index in [9.17, 15) is 4.79 Å². The van der Waals surface area contributed by atoms with Gasteiger partial charge in [0.05, 0.1) is 12.0 Å². The molecule has 5 aliphatic rings. The first-order chi connectivity index (χ1) is 8.29. The Morgan fingerprint density at radius 2 is 1.88 bits per heavy atom.